The van der Waals surface area contributed by atoms with Crippen molar-refractivity contribution in [2.75, 3.05) is 6.54 Å². The lowest BCUT2D eigenvalue weighted by molar-refractivity contribution is 0.144. The third-order valence-electron chi connectivity index (χ3n) is 4.97. The molecule has 2 aliphatic heterocycles. The minimum absolute atomic E-state index is 0.0130. The Morgan fingerprint density at radius 3 is 3.04 bits per heavy atom. The molecule has 2 amide bonds. The molecule has 2 aliphatic rings. The van der Waals surface area contributed by atoms with Crippen LogP contribution in [0.2, 0.25) is 0 Å². The van der Waals surface area contributed by atoms with Crippen LogP contribution in [0.1, 0.15) is 55.4 Å². The van der Waals surface area contributed by atoms with Gasteiger partial charge in [0.2, 0.25) is 0 Å². The van der Waals surface area contributed by atoms with Crippen LogP contribution in [0.5, 0.6) is 0 Å². The molecule has 7 heteroatoms. The number of hydrogen-bond acceptors (Lipinski definition) is 4. The highest BCUT2D eigenvalue weighted by Gasteiger charge is 2.32. The number of likely N-dealkylation sites (tertiary alicyclic amines) is 1. The van der Waals surface area contributed by atoms with Gasteiger partial charge >= 0.3 is 6.03 Å². The molecule has 0 spiro atoms. The smallest absolute Gasteiger partial charge is 0.318 e. The number of urea groups is 1. The molecule has 0 aromatic carbocycles. The van der Waals surface area contributed by atoms with Crippen molar-refractivity contribution in [1.82, 2.24) is 25.0 Å². The van der Waals surface area contributed by atoms with Crippen LogP contribution in [0.3, 0.4) is 0 Å². The Hall–Kier alpha value is -1.89. The van der Waals surface area contributed by atoms with Crippen LogP contribution >= 0.6 is 11.3 Å². The second-order valence-electron chi connectivity index (χ2n) is 6.58. The number of carbonyl (C=O) groups excluding carboxylic acids is 1. The summed E-state index contributed by atoms with van der Waals surface area (Å²) in [4.78, 5) is 14.7. The lowest BCUT2D eigenvalue weighted by Crippen LogP contribution is -2.45. The van der Waals surface area contributed by atoms with E-state index < -0.39 is 0 Å². The number of fused-ring (bicyclic) bond motifs is 1. The van der Waals surface area contributed by atoms with E-state index in [9.17, 15) is 4.79 Å². The molecular weight excluding hydrogens is 322 g/mol. The first-order valence-electron chi connectivity index (χ1n) is 8.80. The van der Waals surface area contributed by atoms with Crippen LogP contribution in [0, 0.1) is 0 Å². The Bertz CT molecular complexity index is 696. The summed E-state index contributed by atoms with van der Waals surface area (Å²) in [5.41, 5.74) is 1.15. The van der Waals surface area contributed by atoms with Gasteiger partial charge in [0.05, 0.1) is 6.04 Å². The van der Waals surface area contributed by atoms with Crippen LogP contribution in [-0.2, 0) is 19.5 Å². The van der Waals surface area contributed by atoms with E-state index in [0.717, 1.165) is 56.0 Å². The second kappa shape index (κ2) is 6.93. The van der Waals surface area contributed by atoms with Gasteiger partial charge < -0.3 is 14.8 Å². The molecule has 4 heterocycles. The van der Waals surface area contributed by atoms with Gasteiger partial charge in [0.15, 0.2) is 5.82 Å². The number of piperidine rings is 1. The molecule has 0 bridgehead atoms. The van der Waals surface area contributed by atoms with E-state index in [2.05, 4.69) is 25.5 Å². The van der Waals surface area contributed by atoms with E-state index in [1.54, 1.807) is 11.3 Å². The normalized spacial score (nSPS) is 20.7. The minimum Gasteiger partial charge on any atom is -0.334 e. The highest BCUT2D eigenvalue weighted by molar-refractivity contribution is 7.07. The number of aryl methyl sites for hydroxylation is 1. The van der Waals surface area contributed by atoms with Crippen LogP contribution in [0.15, 0.2) is 16.8 Å². The van der Waals surface area contributed by atoms with Gasteiger partial charge in [0, 0.05) is 26.1 Å². The molecule has 24 heavy (non-hydrogen) atoms. The van der Waals surface area contributed by atoms with Gasteiger partial charge in [-0.25, -0.2) is 4.79 Å². The average molecular weight is 345 g/mol. The highest BCUT2D eigenvalue weighted by atomic mass is 32.1. The predicted molar refractivity (Wildman–Crippen MR) is 92.8 cm³/mol. The number of amides is 2. The lowest BCUT2D eigenvalue weighted by Gasteiger charge is -2.35. The first kappa shape index (κ1) is 15.6. The fourth-order valence-electron chi connectivity index (χ4n) is 3.69. The molecule has 1 fully saturated rings. The van der Waals surface area contributed by atoms with Crippen molar-refractivity contribution in [2.24, 2.45) is 0 Å². The Morgan fingerprint density at radius 2 is 2.17 bits per heavy atom. The molecule has 6 nitrogen and oxygen atoms in total. The number of rotatable bonds is 3. The SMILES string of the molecule is O=C(NCc1ccsc1)N1CCCC[C@@H]1c1nnc2n1CCCC2. The molecule has 128 valence electrons. The summed E-state index contributed by atoms with van der Waals surface area (Å²) in [5.74, 6) is 2.07. The number of nitrogens with zero attached hydrogens (tertiary/aromatic N) is 4. The van der Waals surface area contributed by atoms with Crippen molar-refractivity contribution >= 4 is 17.4 Å². The average Bonchev–Trinajstić information content (AvgIpc) is 3.29. The summed E-state index contributed by atoms with van der Waals surface area (Å²) in [7, 11) is 0. The van der Waals surface area contributed by atoms with Crippen LogP contribution in [0.25, 0.3) is 0 Å². The van der Waals surface area contributed by atoms with Gasteiger partial charge in [-0.2, -0.15) is 11.3 Å². The molecule has 0 radical (unpaired) electrons. The van der Waals surface area contributed by atoms with Crippen molar-refractivity contribution in [3.63, 3.8) is 0 Å². The van der Waals surface area contributed by atoms with Gasteiger partial charge in [0.1, 0.15) is 5.82 Å². The minimum atomic E-state index is 0.0130. The first-order chi connectivity index (χ1) is 11.8. The monoisotopic (exact) mass is 345 g/mol. The molecule has 0 unspecified atom stereocenters. The van der Waals surface area contributed by atoms with Gasteiger partial charge in [0.25, 0.3) is 0 Å². The predicted octanol–water partition coefficient (Wildman–Crippen LogP) is 3.11. The molecule has 0 aliphatic carbocycles. The van der Waals surface area contributed by atoms with E-state index in [-0.39, 0.29) is 12.1 Å². The summed E-state index contributed by atoms with van der Waals surface area (Å²) < 4.78 is 2.25. The number of thiophene rings is 1. The Kier molecular flexibility index (Phi) is 4.51. The molecule has 1 saturated heterocycles. The fourth-order valence-corrected chi connectivity index (χ4v) is 4.36. The van der Waals surface area contributed by atoms with Crippen molar-refractivity contribution in [2.45, 2.75) is 57.7 Å². The molecule has 1 N–H and O–H groups in total. The molecule has 1 atom stereocenters. The third kappa shape index (κ3) is 3.05. The number of hydrogen-bond donors (Lipinski definition) is 1. The Morgan fingerprint density at radius 1 is 1.25 bits per heavy atom. The van der Waals surface area contributed by atoms with Crippen LogP contribution in [0.4, 0.5) is 4.79 Å². The van der Waals surface area contributed by atoms with E-state index in [0.29, 0.717) is 6.54 Å². The van der Waals surface area contributed by atoms with Crippen molar-refractivity contribution in [3.8, 4) is 0 Å². The third-order valence-corrected chi connectivity index (χ3v) is 5.71. The molecule has 2 aromatic rings. The maximum Gasteiger partial charge on any atom is 0.318 e. The van der Waals surface area contributed by atoms with Gasteiger partial charge in [-0.3, -0.25) is 0 Å². The first-order valence-corrected chi connectivity index (χ1v) is 9.75. The highest BCUT2D eigenvalue weighted by Crippen LogP contribution is 2.31. The number of nitrogens with one attached hydrogen (secondary N) is 1. The van der Waals surface area contributed by atoms with E-state index in [1.807, 2.05) is 16.3 Å². The van der Waals surface area contributed by atoms with Crippen molar-refractivity contribution < 1.29 is 4.79 Å². The van der Waals surface area contributed by atoms with Gasteiger partial charge in [-0.1, -0.05) is 0 Å². The summed E-state index contributed by atoms with van der Waals surface area (Å²) in [6, 6.07) is 2.12. The summed E-state index contributed by atoms with van der Waals surface area (Å²) in [6.07, 6.45) is 6.54. The molecule has 4 rings (SSSR count). The van der Waals surface area contributed by atoms with E-state index in [1.165, 1.54) is 12.8 Å². The lowest BCUT2D eigenvalue weighted by atomic mass is 10.0. The van der Waals surface area contributed by atoms with E-state index >= 15 is 0 Å². The summed E-state index contributed by atoms with van der Waals surface area (Å²) >= 11 is 1.65. The fraction of sp³-hybridized carbons (Fsp3) is 0.588. The maximum absolute atomic E-state index is 12.7. The zero-order chi connectivity index (χ0) is 16.4. The standard InChI is InChI=1S/C17H23N5OS/c23-17(18-11-13-7-10-24-12-13)21-8-3-1-5-14(21)16-20-19-15-6-2-4-9-22(15)16/h7,10,12,14H,1-6,8-9,11H2,(H,18,23)/t14-/m1/s1. The number of aromatic nitrogens is 3. The topological polar surface area (TPSA) is 63.1 Å². The zero-order valence-electron chi connectivity index (χ0n) is 13.8. The summed E-state index contributed by atoms with van der Waals surface area (Å²) in [6.45, 7) is 2.37. The maximum atomic E-state index is 12.7. The Labute approximate surface area is 145 Å². The van der Waals surface area contributed by atoms with Gasteiger partial charge in [-0.15, -0.1) is 10.2 Å². The van der Waals surface area contributed by atoms with Crippen molar-refractivity contribution in [1.29, 1.82) is 0 Å². The summed E-state index contributed by atoms with van der Waals surface area (Å²) in [5, 5.41) is 16.0. The van der Waals surface area contributed by atoms with Crippen LogP contribution < -0.4 is 5.32 Å². The second-order valence-corrected chi connectivity index (χ2v) is 7.36. The van der Waals surface area contributed by atoms with Crippen LogP contribution in [-0.4, -0.2) is 32.2 Å². The van der Waals surface area contributed by atoms with Gasteiger partial charge in [-0.05, 0) is 54.5 Å². The molecular formula is C17H23N5OS. The van der Waals surface area contributed by atoms with E-state index in [4.69, 9.17) is 0 Å². The number of carbonyl (C=O) groups is 1. The quantitative estimate of drug-likeness (QED) is 0.930. The zero-order valence-corrected chi connectivity index (χ0v) is 14.6. The molecule has 0 saturated carbocycles. The van der Waals surface area contributed by atoms with Crippen molar-refractivity contribution in [3.05, 3.63) is 34.0 Å². The molecule has 2 aromatic heterocycles. The Balaban J connectivity index is 1.50. The largest absolute Gasteiger partial charge is 0.334 e.